The molecule has 1 aliphatic heterocycles. The standard InChI is InChI=1S/C27H42ClNO3/c1-2-3-4-5-6-7-8-9-10-11-12-13-16-22-32-27(31)25-20-17-21-29(25)26(30)23-18-14-15-19-24(23)28/h14-15,18-19,25H,2-13,16-17,20-22H2,1H3. The first-order chi connectivity index (χ1) is 15.6. The molecule has 4 nitrogen and oxygen atoms in total. The minimum absolute atomic E-state index is 0.184. The van der Waals surface area contributed by atoms with Gasteiger partial charge in [-0.1, -0.05) is 108 Å². The van der Waals surface area contributed by atoms with Crippen molar-refractivity contribution in [2.75, 3.05) is 13.2 Å². The van der Waals surface area contributed by atoms with E-state index in [1.807, 2.05) is 0 Å². The van der Waals surface area contributed by atoms with Crippen molar-refractivity contribution in [3.8, 4) is 0 Å². The summed E-state index contributed by atoms with van der Waals surface area (Å²) in [6, 6.07) is 6.51. The Morgan fingerprint density at radius 3 is 2.06 bits per heavy atom. The van der Waals surface area contributed by atoms with E-state index in [1.165, 1.54) is 70.6 Å². The van der Waals surface area contributed by atoms with E-state index in [2.05, 4.69) is 6.92 Å². The fourth-order valence-corrected chi connectivity index (χ4v) is 4.65. The molecule has 32 heavy (non-hydrogen) atoms. The third-order valence-electron chi connectivity index (χ3n) is 6.38. The van der Waals surface area contributed by atoms with Gasteiger partial charge in [0, 0.05) is 6.54 Å². The predicted molar refractivity (Wildman–Crippen MR) is 132 cm³/mol. The molecule has 0 radical (unpaired) electrons. The maximum Gasteiger partial charge on any atom is 0.328 e. The predicted octanol–water partition coefficient (Wildman–Crippen LogP) is 7.58. The molecule has 0 saturated carbocycles. The Balaban J connectivity index is 1.52. The van der Waals surface area contributed by atoms with Crippen molar-refractivity contribution < 1.29 is 14.3 Å². The summed E-state index contributed by atoms with van der Waals surface area (Å²) in [5, 5.41) is 0.420. The lowest BCUT2D eigenvalue weighted by Crippen LogP contribution is -2.41. The number of nitrogens with zero attached hydrogens (tertiary/aromatic N) is 1. The highest BCUT2D eigenvalue weighted by molar-refractivity contribution is 6.33. The van der Waals surface area contributed by atoms with Gasteiger partial charge in [-0.15, -0.1) is 0 Å². The largest absolute Gasteiger partial charge is 0.464 e. The second-order valence-corrected chi connectivity index (χ2v) is 9.45. The monoisotopic (exact) mass is 463 g/mol. The molecule has 1 amide bonds. The molecule has 0 spiro atoms. The van der Waals surface area contributed by atoms with E-state index in [0.29, 0.717) is 30.2 Å². The average molecular weight is 464 g/mol. The van der Waals surface area contributed by atoms with Crippen LogP contribution in [0.2, 0.25) is 5.02 Å². The van der Waals surface area contributed by atoms with E-state index in [0.717, 1.165) is 19.3 Å². The molecule has 5 heteroatoms. The first kappa shape index (κ1) is 26.7. The fraction of sp³-hybridized carbons (Fsp3) is 0.704. The molecule has 1 unspecified atom stereocenters. The number of hydrogen-bond acceptors (Lipinski definition) is 3. The summed E-state index contributed by atoms with van der Waals surface area (Å²) in [6.07, 6.45) is 18.3. The second kappa shape index (κ2) is 16.1. The lowest BCUT2D eigenvalue weighted by atomic mass is 10.0. The van der Waals surface area contributed by atoms with Crippen molar-refractivity contribution in [2.24, 2.45) is 0 Å². The lowest BCUT2D eigenvalue weighted by molar-refractivity contribution is -0.148. The molecule has 1 aromatic carbocycles. The van der Waals surface area contributed by atoms with Crippen LogP contribution in [0.1, 0.15) is 114 Å². The Hall–Kier alpha value is -1.55. The van der Waals surface area contributed by atoms with Crippen LogP contribution in [0.5, 0.6) is 0 Å². The van der Waals surface area contributed by atoms with E-state index in [1.54, 1.807) is 29.2 Å². The average Bonchev–Trinajstić information content (AvgIpc) is 3.29. The van der Waals surface area contributed by atoms with Gasteiger partial charge in [0.15, 0.2) is 0 Å². The first-order valence-corrected chi connectivity index (χ1v) is 13.2. The van der Waals surface area contributed by atoms with E-state index in [-0.39, 0.29) is 11.9 Å². The Kier molecular flexibility index (Phi) is 13.5. The highest BCUT2D eigenvalue weighted by Crippen LogP contribution is 2.24. The van der Waals surface area contributed by atoms with Gasteiger partial charge in [-0.05, 0) is 31.4 Å². The molecule has 180 valence electrons. The number of halogens is 1. The molecule has 1 fully saturated rings. The van der Waals surface area contributed by atoms with Gasteiger partial charge in [-0.3, -0.25) is 4.79 Å². The summed E-state index contributed by atoms with van der Waals surface area (Å²) in [5.74, 6) is -0.460. The lowest BCUT2D eigenvalue weighted by Gasteiger charge is -2.23. The van der Waals surface area contributed by atoms with Crippen molar-refractivity contribution in [1.82, 2.24) is 4.90 Å². The highest BCUT2D eigenvalue weighted by Gasteiger charge is 2.36. The van der Waals surface area contributed by atoms with Crippen molar-refractivity contribution in [1.29, 1.82) is 0 Å². The molecule has 1 atom stereocenters. The van der Waals surface area contributed by atoms with Gasteiger partial charge in [0.2, 0.25) is 0 Å². The Labute approximate surface area is 200 Å². The zero-order valence-corrected chi connectivity index (χ0v) is 20.7. The van der Waals surface area contributed by atoms with E-state index in [9.17, 15) is 9.59 Å². The van der Waals surface area contributed by atoms with Crippen molar-refractivity contribution in [2.45, 2.75) is 109 Å². The molecule has 0 bridgehead atoms. The minimum Gasteiger partial charge on any atom is -0.464 e. The highest BCUT2D eigenvalue weighted by atomic mass is 35.5. The van der Waals surface area contributed by atoms with Crippen LogP contribution in [0.25, 0.3) is 0 Å². The molecule has 0 aliphatic carbocycles. The Bertz CT molecular complexity index is 679. The van der Waals surface area contributed by atoms with E-state index >= 15 is 0 Å². The maximum absolute atomic E-state index is 12.8. The van der Waals surface area contributed by atoms with Crippen molar-refractivity contribution in [3.63, 3.8) is 0 Å². The van der Waals surface area contributed by atoms with Crippen LogP contribution in [-0.2, 0) is 9.53 Å². The molecule has 1 saturated heterocycles. The van der Waals surface area contributed by atoms with Crippen LogP contribution in [0.4, 0.5) is 0 Å². The molecule has 2 rings (SSSR count). The van der Waals surface area contributed by atoms with Crippen molar-refractivity contribution >= 4 is 23.5 Å². The quantitative estimate of drug-likeness (QED) is 0.187. The fourth-order valence-electron chi connectivity index (χ4n) is 4.43. The molecule has 1 heterocycles. The third-order valence-corrected chi connectivity index (χ3v) is 6.71. The van der Waals surface area contributed by atoms with Gasteiger partial charge >= 0.3 is 5.97 Å². The normalized spacial score (nSPS) is 15.8. The second-order valence-electron chi connectivity index (χ2n) is 9.05. The van der Waals surface area contributed by atoms with Crippen LogP contribution in [0.3, 0.4) is 0 Å². The topological polar surface area (TPSA) is 46.6 Å². The summed E-state index contributed by atoms with van der Waals surface area (Å²) in [4.78, 5) is 27.0. The minimum atomic E-state index is -0.485. The molecule has 0 N–H and O–H groups in total. The zero-order chi connectivity index (χ0) is 23.0. The van der Waals surface area contributed by atoms with Gasteiger partial charge < -0.3 is 9.64 Å². The van der Waals surface area contributed by atoms with Gasteiger partial charge in [-0.25, -0.2) is 4.79 Å². The number of benzene rings is 1. The number of amides is 1. The van der Waals surface area contributed by atoms with Crippen LogP contribution < -0.4 is 0 Å². The number of carbonyl (C=O) groups is 2. The number of likely N-dealkylation sites (tertiary alicyclic amines) is 1. The zero-order valence-electron chi connectivity index (χ0n) is 20.0. The van der Waals surface area contributed by atoms with Crippen LogP contribution in [-0.4, -0.2) is 36.0 Å². The van der Waals surface area contributed by atoms with Gasteiger partial charge in [0.05, 0.1) is 17.2 Å². The summed E-state index contributed by atoms with van der Waals surface area (Å²) < 4.78 is 5.51. The summed E-state index contributed by atoms with van der Waals surface area (Å²) in [7, 11) is 0. The van der Waals surface area contributed by atoms with Crippen LogP contribution in [0.15, 0.2) is 24.3 Å². The Morgan fingerprint density at radius 2 is 1.47 bits per heavy atom. The van der Waals surface area contributed by atoms with E-state index < -0.39 is 6.04 Å². The summed E-state index contributed by atoms with van der Waals surface area (Å²) in [6.45, 7) is 3.28. The molecular formula is C27H42ClNO3. The number of esters is 1. The number of rotatable bonds is 16. The number of carbonyl (C=O) groups excluding carboxylic acids is 2. The summed E-state index contributed by atoms with van der Waals surface area (Å²) in [5.41, 5.74) is 0.449. The van der Waals surface area contributed by atoms with Gasteiger partial charge in [-0.2, -0.15) is 0 Å². The molecule has 1 aromatic rings. The third kappa shape index (κ3) is 9.52. The summed E-state index contributed by atoms with van der Waals surface area (Å²) >= 11 is 6.16. The Morgan fingerprint density at radius 1 is 0.906 bits per heavy atom. The molecular weight excluding hydrogens is 422 g/mol. The first-order valence-electron chi connectivity index (χ1n) is 12.9. The van der Waals surface area contributed by atoms with Gasteiger partial charge in [0.1, 0.15) is 6.04 Å². The van der Waals surface area contributed by atoms with Crippen LogP contribution >= 0.6 is 11.6 Å². The maximum atomic E-state index is 12.8. The van der Waals surface area contributed by atoms with Crippen LogP contribution in [0, 0.1) is 0 Å². The smallest absolute Gasteiger partial charge is 0.328 e. The van der Waals surface area contributed by atoms with Gasteiger partial charge in [0.25, 0.3) is 5.91 Å². The SMILES string of the molecule is CCCCCCCCCCCCCCCOC(=O)C1CCCN1C(=O)c1ccccc1Cl. The molecule has 1 aliphatic rings. The number of ether oxygens (including phenoxy) is 1. The molecule has 0 aromatic heterocycles. The van der Waals surface area contributed by atoms with E-state index in [4.69, 9.17) is 16.3 Å². The number of hydrogen-bond donors (Lipinski definition) is 0. The van der Waals surface area contributed by atoms with Crippen molar-refractivity contribution in [3.05, 3.63) is 34.9 Å². The number of unbranched alkanes of at least 4 members (excludes halogenated alkanes) is 12.